The van der Waals surface area contributed by atoms with Gasteiger partial charge in [0.15, 0.2) is 5.82 Å². The minimum atomic E-state index is -0.259. The number of hydrogen-bond acceptors (Lipinski definition) is 3. The first-order chi connectivity index (χ1) is 13.0. The summed E-state index contributed by atoms with van der Waals surface area (Å²) in [6.07, 6.45) is 4.96. The second-order valence-electron chi connectivity index (χ2n) is 5.74. The number of rotatable bonds is 6. The molecule has 0 bridgehead atoms. The molecular weight excluding hydrogens is 385 g/mol. The van der Waals surface area contributed by atoms with E-state index in [0.29, 0.717) is 22.4 Å². The minimum absolute atomic E-state index is 0.259. The van der Waals surface area contributed by atoms with Crippen LogP contribution in [0.1, 0.15) is 11.1 Å². The molecule has 5 nitrogen and oxygen atoms in total. The Hall–Kier alpha value is -2.76. The summed E-state index contributed by atoms with van der Waals surface area (Å²) in [5, 5.41) is 8.08. The maximum absolute atomic E-state index is 12.1. The normalized spacial score (nSPS) is 10.9. The van der Waals surface area contributed by atoms with E-state index in [1.54, 1.807) is 42.3 Å². The lowest BCUT2D eigenvalue weighted by molar-refractivity contribution is -0.111. The molecule has 0 aliphatic rings. The summed E-state index contributed by atoms with van der Waals surface area (Å²) in [6.45, 7) is 0.522. The smallest absolute Gasteiger partial charge is 0.249 e. The van der Waals surface area contributed by atoms with Gasteiger partial charge >= 0.3 is 0 Å². The maximum Gasteiger partial charge on any atom is 0.249 e. The molecule has 0 fully saturated rings. The molecule has 0 atom stereocenters. The van der Waals surface area contributed by atoms with Crippen LogP contribution in [-0.4, -0.2) is 22.8 Å². The van der Waals surface area contributed by atoms with E-state index in [9.17, 15) is 4.79 Å². The fraction of sp³-hybridized carbons (Fsp3) is 0.100. The van der Waals surface area contributed by atoms with Crippen LogP contribution >= 0.6 is 23.2 Å². The van der Waals surface area contributed by atoms with Crippen molar-refractivity contribution in [3.8, 4) is 5.75 Å². The number of nitrogens with one attached hydrogen (secondary N) is 1. The maximum atomic E-state index is 12.1. The van der Waals surface area contributed by atoms with Gasteiger partial charge in [-0.05, 0) is 41.5 Å². The molecule has 27 heavy (non-hydrogen) atoms. The first-order valence-corrected chi connectivity index (χ1v) is 8.89. The number of aromatic nitrogens is 2. The first kappa shape index (κ1) is 19.0. The Morgan fingerprint density at radius 1 is 1.15 bits per heavy atom. The molecule has 1 heterocycles. The predicted molar refractivity (Wildman–Crippen MR) is 108 cm³/mol. The third-order valence-electron chi connectivity index (χ3n) is 3.76. The van der Waals surface area contributed by atoms with E-state index >= 15 is 0 Å². The summed E-state index contributed by atoms with van der Waals surface area (Å²) < 4.78 is 6.81. The van der Waals surface area contributed by atoms with Gasteiger partial charge in [-0.1, -0.05) is 41.4 Å². The summed E-state index contributed by atoms with van der Waals surface area (Å²) in [5.41, 5.74) is 1.86. The largest absolute Gasteiger partial charge is 0.497 e. The molecule has 0 aliphatic carbocycles. The van der Waals surface area contributed by atoms with E-state index in [-0.39, 0.29) is 5.91 Å². The lowest BCUT2D eigenvalue weighted by Gasteiger charge is -2.04. The Balaban J connectivity index is 1.58. The molecule has 0 spiro atoms. The molecule has 0 radical (unpaired) electrons. The summed E-state index contributed by atoms with van der Waals surface area (Å²) in [5.74, 6) is 0.981. The average Bonchev–Trinajstić information content (AvgIpc) is 3.10. The molecule has 1 N–H and O–H groups in total. The fourth-order valence-electron chi connectivity index (χ4n) is 2.40. The SMILES string of the molecule is COc1ccc(/C=C/C(=O)Nc2ccn(Cc3ccc(Cl)c(Cl)c3)n2)cc1. The zero-order valence-corrected chi connectivity index (χ0v) is 16.0. The van der Waals surface area contributed by atoms with E-state index < -0.39 is 0 Å². The van der Waals surface area contributed by atoms with E-state index in [0.717, 1.165) is 16.9 Å². The lowest BCUT2D eigenvalue weighted by Crippen LogP contribution is -2.09. The van der Waals surface area contributed by atoms with E-state index in [4.69, 9.17) is 27.9 Å². The van der Waals surface area contributed by atoms with Crippen molar-refractivity contribution in [3.05, 3.63) is 82.0 Å². The van der Waals surface area contributed by atoms with Crippen molar-refractivity contribution in [2.45, 2.75) is 6.54 Å². The number of nitrogens with zero attached hydrogens (tertiary/aromatic N) is 2. The first-order valence-electron chi connectivity index (χ1n) is 8.14. The predicted octanol–water partition coefficient (Wildman–Crippen LogP) is 4.90. The number of ether oxygens (including phenoxy) is 1. The molecule has 0 saturated heterocycles. The molecular formula is C20H17Cl2N3O2. The summed E-state index contributed by atoms with van der Waals surface area (Å²) in [6, 6.07) is 14.6. The number of carbonyl (C=O) groups is 1. The Morgan fingerprint density at radius 2 is 1.93 bits per heavy atom. The van der Waals surface area contributed by atoms with Gasteiger partial charge in [-0.3, -0.25) is 9.48 Å². The van der Waals surface area contributed by atoms with Crippen molar-refractivity contribution in [2.75, 3.05) is 12.4 Å². The Bertz CT molecular complexity index is 966. The van der Waals surface area contributed by atoms with Crippen LogP contribution in [0.5, 0.6) is 5.75 Å². The molecule has 0 saturated carbocycles. The van der Waals surface area contributed by atoms with Crippen LogP contribution in [0.4, 0.5) is 5.82 Å². The quantitative estimate of drug-likeness (QED) is 0.597. The van der Waals surface area contributed by atoms with Crippen molar-refractivity contribution in [1.29, 1.82) is 0 Å². The molecule has 3 aromatic rings. The molecule has 1 amide bonds. The number of hydrogen-bond donors (Lipinski definition) is 1. The monoisotopic (exact) mass is 401 g/mol. The van der Waals surface area contributed by atoms with Gasteiger partial charge in [-0.25, -0.2) is 0 Å². The van der Waals surface area contributed by atoms with Crippen LogP contribution in [0, 0.1) is 0 Å². The Labute approximate surface area is 167 Å². The van der Waals surface area contributed by atoms with Crippen molar-refractivity contribution < 1.29 is 9.53 Å². The van der Waals surface area contributed by atoms with Gasteiger partial charge in [0.2, 0.25) is 5.91 Å². The van der Waals surface area contributed by atoms with E-state index in [1.807, 2.05) is 30.3 Å². The number of carbonyl (C=O) groups excluding carboxylic acids is 1. The van der Waals surface area contributed by atoms with E-state index in [2.05, 4.69) is 10.4 Å². The zero-order chi connectivity index (χ0) is 19.2. The highest BCUT2D eigenvalue weighted by Crippen LogP contribution is 2.23. The number of benzene rings is 2. The number of amides is 1. The van der Waals surface area contributed by atoms with Gasteiger partial charge in [0.25, 0.3) is 0 Å². The topological polar surface area (TPSA) is 56.1 Å². The van der Waals surface area contributed by atoms with Gasteiger partial charge in [-0.15, -0.1) is 0 Å². The van der Waals surface area contributed by atoms with Gasteiger partial charge in [0, 0.05) is 18.3 Å². The molecule has 1 aromatic heterocycles. The summed E-state index contributed by atoms with van der Waals surface area (Å²) >= 11 is 11.9. The second kappa shape index (κ2) is 8.75. The summed E-state index contributed by atoms with van der Waals surface area (Å²) in [4.78, 5) is 12.1. The third kappa shape index (κ3) is 5.36. The van der Waals surface area contributed by atoms with Crippen LogP contribution in [0.25, 0.3) is 6.08 Å². The second-order valence-corrected chi connectivity index (χ2v) is 6.56. The minimum Gasteiger partial charge on any atom is -0.497 e. The van der Waals surface area contributed by atoms with Crippen LogP contribution in [0.3, 0.4) is 0 Å². The number of methoxy groups -OCH3 is 1. The van der Waals surface area contributed by atoms with Crippen LogP contribution in [0.2, 0.25) is 10.0 Å². The molecule has 7 heteroatoms. The Morgan fingerprint density at radius 3 is 2.63 bits per heavy atom. The average molecular weight is 402 g/mol. The molecule has 3 rings (SSSR count). The lowest BCUT2D eigenvalue weighted by atomic mass is 10.2. The highest BCUT2D eigenvalue weighted by atomic mass is 35.5. The molecule has 2 aromatic carbocycles. The zero-order valence-electron chi connectivity index (χ0n) is 14.5. The highest BCUT2D eigenvalue weighted by Gasteiger charge is 2.05. The molecule has 0 aliphatic heterocycles. The number of anilines is 1. The standard InChI is InChI=1S/C20H17Cl2N3O2/c1-27-16-6-2-14(3-7-16)5-9-20(26)23-19-10-11-25(24-19)13-15-4-8-17(21)18(22)12-15/h2-12H,13H2,1H3,(H,23,24,26)/b9-5+. The van der Waals surface area contributed by atoms with E-state index in [1.165, 1.54) is 6.08 Å². The van der Waals surface area contributed by atoms with Gasteiger partial charge in [0.1, 0.15) is 5.75 Å². The molecule has 138 valence electrons. The van der Waals surface area contributed by atoms with Crippen LogP contribution in [-0.2, 0) is 11.3 Å². The van der Waals surface area contributed by atoms with Crippen LogP contribution < -0.4 is 10.1 Å². The molecule has 0 unspecified atom stereocenters. The van der Waals surface area contributed by atoms with Gasteiger partial charge < -0.3 is 10.1 Å². The van der Waals surface area contributed by atoms with Gasteiger partial charge in [-0.2, -0.15) is 5.10 Å². The number of halogens is 2. The van der Waals surface area contributed by atoms with Crippen molar-refractivity contribution in [3.63, 3.8) is 0 Å². The van der Waals surface area contributed by atoms with Crippen molar-refractivity contribution in [1.82, 2.24) is 9.78 Å². The third-order valence-corrected chi connectivity index (χ3v) is 4.50. The Kier molecular flexibility index (Phi) is 6.16. The summed E-state index contributed by atoms with van der Waals surface area (Å²) in [7, 11) is 1.61. The van der Waals surface area contributed by atoms with Gasteiger partial charge in [0.05, 0.1) is 23.7 Å². The van der Waals surface area contributed by atoms with Crippen molar-refractivity contribution in [2.24, 2.45) is 0 Å². The van der Waals surface area contributed by atoms with Crippen LogP contribution in [0.15, 0.2) is 60.8 Å². The highest BCUT2D eigenvalue weighted by molar-refractivity contribution is 6.42. The van der Waals surface area contributed by atoms with Crippen molar-refractivity contribution >= 4 is 41.0 Å². The fourth-order valence-corrected chi connectivity index (χ4v) is 2.72.